The van der Waals surface area contributed by atoms with Crippen molar-refractivity contribution in [2.24, 2.45) is 5.41 Å². The summed E-state index contributed by atoms with van der Waals surface area (Å²) in [6, 6.07) is 0.200. The van der Waals surface area contributed by atoms with Crippen molar-refractivity contribution in [2.45, 2.75) is 63.5 Å². The van der Waals surface area contributed by atoms with Gasteiger partial charge in [-0.05, 0) is 43.9 Å². The van der Waals surface area contributed by atoms with Crippen LogP contribution >= 0.6 is 0 Å². The van der Waals surface area contributed by atoms with Crippen LogP contribution < -0.4 is 5.32 Å². The van der Waals surface area contributed by atoms with E-state index in [4.69, 9.17) is 0 Å². The molecule has 4 nitrogen and oxygen atoms in total. The first kappa shape index (κ1) is 13.4. The Kier molecular flexibility index (Phi) is 3.81. The van der Waals surface area contributed by atoms with Crippen LogP contribution in [-0.4, -0.2) is 47.7 Å². The number of aliphatic carboxylic acids is 1. The number of nitrogens with one attached hydrogen (secondary N) is 1. The van der Waals surface area contributed by atoms with Gasteiger partial charge in [0.05, 0.1) is 0 Å². The summed E-state index contributed by atoms with van der Waals surface area (Å²) in [5, 5.41) is 12.6. The molecule has 3 aliphatic rings. The number of nitrogens with zero attached hydrogens (tertiary/aromatic N) is 1. The third-order valence-electron chi connectivity index (χ3n) is 5.72. The molecule has 1 saturated heterocycles. The van der Waals surface area contributed by atoms with Crippen molar-refractivity contribution in [2.75, 3.05) is 19.6 Å². The number of carboxylic acid groups (broad SMARTS) is 1. The minimum atomic E-state index is -0.659. The maximum absolute atomic E-state index is 11.4. The molecular formula is C15H26N2O2. The standard InChI is InChI=1S/C15H26N2O2/c18-14(19)13-11-16-9-10-17(13)12-3-7-15(8-4-12)5-1-2-6-15/h12-13,16H,1-11H2,(H,18,19). The highest BCUT2D eigenvalue weighted by atomic mass is 16.4. The van der Waals surface area contributed by atoms with Crippen molar-refractivity contribution < 1.29 is 9.90 Å². The van der Waals surface area contributed by atoms with Gasteiger partial charge in [0.1, 0.15) is 6.04 Å². The van der Waals surface area contributed by atoms with Crippen molar-refractivity contribution in [3.8, 4) is 0 Å². The zero-order valence-electron chi connectivity index (χ0n) is 11.7. The molecule has 19 heavy (non-hydrogen) atoms. The van der Waals surface area contributed by atoms with E-state index < -0.39 is 5.97 Å². The van der Waals surface area contributed by atoms with Crippen molar-refractivity contribution >= 4 is 5.97 Å². The lowest BCUT2D eigenvalue weighted by molar-refractivity contribution is -0.145. The molecule has 0 aromatic carbocycles. The van der Waals surface area contributed by atoms with E-state index >= 15 is 0 Å². The molecule has 1 heterocycles. The summed E-state index contributed by atoms with van der Waals surface area (Å²) in [4.78, 5) is 13.6. The number of hydrogen-bond acceptors (Lipinski definition) is 3. The molecule has 3 fully saturated rings. The van der Waals surface area contributed by atoms with E-state index in [9.17, 15) is 9.90 Å². The predicted octanol–water partition coefficient (Wildman–Crippen LogP) is 1.85. The summed E-state index contributed by atoms with van der Waals surface area (Å²) < 4.78 is 0. The van der Waals surface area contributed by atoms with Crippen LogP contribution in [0, 0.1) is 5.41 Å². The quantitative estimate of drug-likeness (QED) is 0.801. The van der Waals surface area contributed by atoms with Gasteiger partial charge in [-0.3, -0.25) is 9.69 Å². The van der Waals surface area contributed by atoms with Crippen molar-refractivity contribution in [1.82, 2.24) is 10.2 Å². The molecule has 3 rings (SSSR count). The average Bonchev–Trinajstić information content (AvgIpc) is 2.88. The summed E-state index contributed by atoms with van der Waals surface area (Å²) in [7, 11) is 0. The fourth-order valence-electron chi connectivity index (χ4n) is 4.56. The first-order chi connectivity index (χ1) is 9.20. The molecule has 1 unspecified atom stereocenters. The Balaban J connectivity index is 1.61. The summed E-state index contributed by atoms with van der Waals surface area (Å²) >= 11 is 0. The summed E-state index contributed by atoms with van der Waals surface area (Å²) in [6.07, 6.45) is 10.7. The Morgan fingerprint density at radius 3 is 2.47 bits per heavy atom. The Bertz CT molecular complexity index is 329. The Labute approximate surface area is 115 Å². The van der Waals surface area contributed by atoms with Gasteiger partial charge in [0, 0.05) is 25.7 Å². The second kappa shape index (κ2) is 5.41. The lowest BCUT2D eigenvalue weighted by Crippen LogP contribution is -2.59. The summed E-state index contributed by atoms with van der Waals surface area (Å²) in [5.41, 5.74) is 0.642. The second-order valence-corrected chi connectivity index (χ2v) is 6.73. The van der Waals surface area contributed by atoms with E-state index in [0.717, 1.165) is 13.1 Å². The van der Waals surface area contributed by atoms with Gasteiger partial charge in [0.15, 0.2) is 0 Å². The van der Waals surface area contributed by atoms with E-state index in [2.05, 4.69) is 10.2 Å². The largest absolute Gasteiger partial charge is 0.480 e. The van der Waals surface area contributed by atoms with Crippen LogP contribution in [0.3, 0.4) is 0 Å². The highest BCUT2D eigenvalue weighted by Gasteiger charge is 2.41. The van der Waals surface area contributed by atoms with Gasteiger partial charge < -0.3 is 10.4 Å². The van der Waals surface area contributed by atoms with Gasteiger partial charge in [0.2, 0.25) is 0 Å². The van der Waals surface area contributed by atoms with Crippen LogP contribution in [0.15, 0.2) is 0 Å². The minimum Gasteiger partial charge on any atom is -0.480 e. The normalized spacial score (nSPS) is 32.7. The Hall–Kier alpha value is -0.610. The predicted molar refractivity (Wildman–Crippen MR) is 74.2 cm³/mol. The molecule has 2 aliphatic carbocycles. The van der Waals surface area contributed by atoms with Gasteiger partial charge in [-0.1, -0.05) is 12.8 Å². The highest BCUT2D eigenvalue weighted by Crippen LogP contribution is 2.49. The smallest absolute Gasteiger partial charge is 0.322 e. The molecule has 0 bridgehead atoms. The third-order valence-corrected chi connectivity index (χ3v) is 5.72. The van der Waals surface area contributed by atoms with E-state index in [0.29, 0.717) is 18.0 Å². The van der Waals surface area contributed by atoms with Gasteiger partial charge in [-0.15, -0.1) is 0 Å². The molecule has 4 heteroatoms. The van der Waals surface area contributed by atoms with Crippen LogP contribution in [0.25, 0.3) is 0 Å². The van der Waals surface area contributed by atoms with E-state index in [1.54, 1.807) is 0 Å². The molecule has 0 amide bonds. The SMILES string of the molecule is O=C(O)C1CNCCN1C1CCC2(CCCC2)CC1. The fraction of sp³-hybridized carbons (Fsp3) is 0.933. The highest BCUT2D eigenvalue weighted by molar-refractivity contribution is 5.74. The monoisotopic (exact) mass is 266 g/mol. The van der Waals surface area contributed by atoms with Gasteiger partial charge in [-0.25, -0.2) is 0 Å². The van der Waals surface area contributed by atoms with Crippen LogP contribution in [0.5, 0.6) is 0 Å². The number of carbonyl (C=O) groups is 1. The topological polar surface area (TPSA) is 52.6 Å². The maximum Gasteiger partial charge on any atom is 0.322 e. The molecule has 0 aromatic rings. The molecule has 108 valence electrons. The van der Waals surface area contributed by atoms with Crippen LogP contribution in [0.2, 0.25) is 0 Å². The van der Waals surface area contributed by atoms with Crippen molar-refractivity contribution in [3.05, 3.63) is 0 Å². The van der Waals surface area contributed by atoms with E-state index in [1.807, 2.05) is 0 Å². The van der Waals surface area contributed by atoms with Crippen LogP contribution in [0.4, 0.5) is 0 Å². The van der Waals surface area contributed by atoms with Crippen molar-refractivity contribution in [1.29, 1.82) is 0 Å². The first-order valence-electron chi connectivity index (χ1n) is 7.90. The lowest BCUT2D eigenvalue weighted by atomic mass is 9.71. The Morgan fingerprint density at radius 1 is 1.16 bits per heavy atom. The number of piperazine rings is 1. The van der Waals surface area contributed by atoms with Gasteiger partial charge in [0.25, 0.3) is 0 Å². The zero-order valence-corrected chi connectivity index (χ0v) is 11.7. The van der Waals surface area contributed by atoms with Gasteiger partial charge in [-0.2, -0.15) is 0 Å². The number of rotatable bonds is 2. The molecule has 1 aliphatic heterocycles. The van der Waals surface area contributed by atoms with E-state index in [1.165, 1.54) is 51.4 Å². The number of hydrogen-bond donors (Lipinski definition) is 2. The fourth-order valence-corrected chi connectivity index (χ4v) is 4.56. The molecule has 0 radical (unpaired) electrons. The second-order valence-electron chi connectivity index (χ2n) is 6.73. The van der Waals surface area contributed by atoms with Crippen LogP contribution in [-0.2, 0) is 4.79 Å². The third kappa shape index (κ3) is 2.65. The molecule has 2 saturated carbocycles. The van der Waals surface area contributed by atoms with Crippen LogP contribution in [0.1, 0.15) is 51.4 Å². The zero-order chi connectivity index (χ0) is 13.3. The molecule has 0 aromatic heterocycles. The average molecular weight is 266 g/mol. The lowest BCUT2D eigenvalue weighted by Gasteiger charge is -2.45. The summed E-state index contributed by atoms with van der Waals surface area (Å²) in [5.74, 6) is -0.659. The molecule has 1 atom stereocenters. The minimum absolute atomic E-state index is 0.309. The molecule has 1 spiro atoms. The maximum atomic E-state index is 11.4. The molecule has 2 N–H and O–H groups in total. The first-order valence-corrected chi connectivity index (χ1v) is 7.90. The van der Waals surface area contributed by atoms with Crippen molar-refractivity contribution in [3.63, 3.8) is 0 Å². The molecular weight excluding hydrogens is 240 g/mol. The summed E-state index contributed by atoms with van der Waals surface area (Å²) in [6.45, 7) is 2.44. The van der Waals surface area contributed by atoms with Gasteiger partial charge >= 0.3 is 5.97 Å². The number of carboxylic acids is 1. The Morgan fingerprint density at radius 2 is 1.84 bits per heavy atom. The van der Waals surface area contributed by atoms with E-state index in [-0.39, 0.29) is 6.04 Å².